The Bertz CT molecular complexity index is 228. The zero-order chi connectivity index (χ0) is 12.8. The van der Waals surface area contributed by atoms with E-state index in [2.05, 4.69) is 10.2 Å². The lowest BCUT2D eigenvalue weighted by Gasteiger charge is -2.35. The molecule has 4 heteroatoms. The lowest BCUT2D eigenvalue weighted by atomic mass is 10.2. The summed E-state index contributed by atoms with van der Waals surface area (Å²) >= 11 is 0. The van der Waals surface area contributed by atoms with Crippen molar-refractivity contribution in [3.8, 4) is 0 Å². The highest BCUT2D eigenvalue weighted by atomic mass is 16.7. The predicted octanol–water partition coefficient (Wildman–Crippen LogP) is 1.60. The topological polar surface area (TPSA) is 33.7 Å². The molecule has 2 aliphatic rings. The fourth-order valence-corrected chi connectivity index (χ4v) is 2.60. The van der Waals surface area contributed by atoms with Crippen LogP contribution in [0.2, 0.25) is 0 Å². The molecule has 0 amide bonds. The van der Waals surface area contributed by atoms with Crippen molar-refractivity contribution < 1.29 is 9.47 Å². The molecule has 1 N–H and O–H groups in total. The molecule has 0 aromatic carbocycles. The van der Waals surface area contributed by atoms with Crippen LogP contribution in [-0.4, -0.2) is 56.1 Å². The molecule has 2 heterocycles. The third-order valence-corrected chi connectivity index (χ3v) is 3.82. The van der Waals surface area contributed by atoms with Crippen molar-refractivity contribution in [3.05, 3.63) is 0 Å². The molecule has 0 atom stereocenters. The zero-order valence-electron chi connectivity index (χ0n) is 11.9. The second-order valence-electron chi connectivity index (χ2n) is 5.93. The molecule has 4 nitrogen and oxygen atoms in total. The maximum absolute atomic E-state index is 5.64. The van der Waals surface area contributed by atoms with Crippen molar-refractivity contribution >= 4 is 0 Å². The first-order valence-corrected chi connectivity index (χ1v) is 7.39. The Kier molecular flexibility index (Phi) is 5.42. The first-order valence-electron chi connectivity index (χ1n) is 7.39. The third-order valence-electron chi connectivity index (χ3n) is 3.82. The Morgan fingerprint density at radius 2 is 1.67 bits per heavy atom. The Morgan fingerprint density at radius 3 is 2.28 bits per heavy atom. The number of nitrogens with one attached hydrogen (secondary N) is 1. The highest BCUT2D eigenvalue weighted by Crippen LogP contribution is 2.16. The number of ether oxygens (including phenoxy) is 2. The van der Waals surface area contributed by atoms with Crippen LogP contribution in [0.5, 0.6) is 0 Å². The second kappa shape index (κ2) is 6.85. The molecule has 2 rings (SSSR count). The quantitative estimate of drug-likeness (QED) is 0.828. The first kappa shape index (κ1) is 14.3. The molecular formula is C14H28N2O2. The minimum atomic E-state index is -0.400. The molecule has 0 aromatic rings. The molecule has 0 aliphatic carbocycles. The van der Waals surface area contributed by atoms with E-state index in [1.165, 1.54) is 38.8 Å². The van der Waals surface area contributed by atoms with Crippen LogP contribution in [0.15, 0.2) is 0 Å². The molecule has 18 heavy (non-hydrogen) atoms. The first-order chi connectivity index (χ1) is 8.66. The summed E-state index contributed by atoms with van der Waals surface area (Å²) < 4.78 is 11.3. The van der Waals surface area contributed by atoms with Gasteiger partial charge >= 0.3 is 0 Å². The van der Waals surface area contributed by atoms with Gasteiger partial charge in [0.25, 0.3) is 0 Å². The summed E-state index contributed by atoms with van der Waals surface area (Å²) in [6.07, 6.45) is 5.54. The molecule has 2 aliphatic heterocycles. The second-order valence-corrected chi connectivity index (χ2v) is 5.93. The van der Waals surface area contributed by atoms with Gasteiger partial charge in [-0.2, -0.15) is 0 Å². The van der Waals surface area contributed by atoms with Gasteiger partial charge in [0.1, 0.15) is 0 Å². The minimum Gasteiger partial charge on any atom is -0.349 e. The van der Waals surface area contributed by atoms with E-state index in [4.69, 9.17) is 9.47 Å². The van der Waals surface area contributed by atoms with Crippen molar-refractivity contribution in [1.29, 1.82) is 0 Å². The highest BCUT2D eigenvalue weighted by Gasteiger charge is 2.27. The van der Waals surface area contributed by atoms with Crippen molar-refractivity contribution in [2.24, 2.45) is 0 Å². The summed E-state index contributed by atoms with van der Waals surface area (Å²) in [5, 5.41) is 3.54. The monoisotopic (exact) mass is 256 g/mol. The van der Waals surface area contributed by atoms with Crippen LogP contribution in [0, 0.1) is 0 Å². The van der Waals surface area contributed by atoms with Crippen LogP contribution in [0.1, 0.15) is 39.5 Å². The van der Waals surface area contributed by atoms with Crippen molar-refractivity contribution in [2.45, 2.75) is 51.4 Å². The number of likely N-dealkylation sites (tertiary alicyclic amines) is 1. The fraction of sp³-hybridized carbons (Fsp3) is 1.00. The lowest BCUT2D eigenvalue weighted by Crippen LogP contribution is -2.50. The summed E-state index contributed by atoms with van der Waals surface area (Å²) in [6.45, 7) is 10.2. The predicted molar refractivity (Wildman–Crippen MR) is 72.7 cm³/mol. The highest BCUT2D eigenvalue weighted by molar-refractivity contribution is 4.74. The summed E-state index contributed by atoms with van der Waals surface area (Å²) in [5.74, 6) is -0.400. The van der Waals surface area contributed by atoms with Crippen LogP contribution in [0.25, 0.3) is 0 Å². The third kappa shape index (κ3) is 4.84. The maximum Gasteiger partial charge on any atom is 0.162 e. The van der Waals surface area contributed by atoms with Gasteiger partial charge in [0.2, 0.25) is 0 Å². The normalized spacial score (nSPS) is 27.0. The van der Waals surface area contributed by atoms with Gasteiger partial charge in [0.15, 0.2) is 5.79 Å². The number of hydrogen-bond acceptors (Lipinski definition) is 4. The average Bonchev–Trinajstić information content (AvgIpc) is 2.60. The van der Waals surface area contributed by atoms with Gasteiger partial charge in [-0.25, -0.2) is 0 Å². The molecule has 0 bridgehead atoms. The molecular weight excluding hydrogens is 228 g/mol. The zero-order valence-corrected chi connectivity index (χ0v) is 11.9. The Morgan fingerprint density at radius 1 is 1.06 bits per heavy atom. The molecule has 0 aromatic heterocycles. The van der Waals surface area contributed by atoms with Gasteiger partial charge in [-0.05, 0) is 39.8 Å². The summed E-state index contributed by atoms with van der Waals surface area (Å²) in [7, 11) is 0. The minimum absolute atomic E-state index is 0.352. The largest absolute Gasteiger partial charge is 0.349 e. The number of nitrogens with zero attached hydrogens (tertiary/aromatic N) is 1. The molecule has 0 radical (unpaired) electrons. The van der Waals surface area contributed by atoms with Crippen LogP contribution in [-0.2, 0) is 9.47 Å². The van der Waals surface area contributed by atoms with Crippen molar-refractivity contribution in [3.63, 3.8) is 0 Å². The molecule has 0 unspecified atom stereocenters. The van der Waals surface area contributed by atoms with Crippen molar-refractivity contribution in [1.82, 2.24) is 10.2 Å². The smallest absolute Gasteiger partial charge is 0.162 e. The van der Waals surface area contributed by atoms with Gasteiger partial charge in [0, 0.05) is 13.1 Å². The molecule has 0 spiro atoms. The SMILES string of the molecule is CC1(C)OCC(NCCN2CCCCCC2)CO1. The molecule has 2 saturated heterocycles. The standard InChI is InChI=1S/C14H28N2O2/c1-14(2)17-11-13(12-18-14)15-7-10-16-8-5-3-4-6-9-16/h13,15H,3-12H2,1-2H3. The maximum atomic E-state index is 5.64. The van der Waals surface area contributed by atoms with Crippen LogP contribution >= 0.6 is 0 Å². The number of rotatable bonds is 4. The number of hydrogen-bond donors (Lipinski definition) is 1. The molecule has 0 saturated carbocycles. The molecule has 106 valence electrons. The van der Waals surface area contributed by atoms with Gasteiger partial charge in [0.05, 0.1) is 19.3 Å². The van der Waals surface area contributed by atoms with E-state index < -0.39 is 5.79 Å². The van der Waals surface area contributed by atoms with E-state index in [1.807, 2.05) is 13.8 Å². The average molecular weight is 256 g/mol. The Hall–Kier alpha value is -0.160. The van der Waals surface area contributed by atoms with E-state index >= 15 is 0 Å². The van der Waals surface area contributed by atoms with Gasteiger partial charge in [-0.15, -0.1) is 0 Å². The van der Waals surface area contributed by atoms with E-state index in [9.17, 15) is 0 Å². The van der Waals surface area contributed by atoms with Gasteiger partial charge < -0.3 is 19.7 Å². The lowest BCUT2D eigenvalue weighted by molar-refractivity contribution is -0.252. The van der Waals surface area contributed by atoms with Crippen LogP contribution in [0.4, 0.5) is 0 Å². The van der Waals surface area contributed by atoms with Crippen LogP contribution < -0.4 is 5.32 Å². The Labute approximate surface area is 111 Å². The van der Waals surface area contributed by atoms with Crippen LogP contribution in [0.3, 0.4) is 0 Å². The van der Waals surface area contributed by atoms with E-state index in [0.717, 1.165) is 26.3 Å². The summed E-state index contributed by atoms with van der Waals surface area (Å²) in [4.78, 5) is 2.58. The van der Waals surface area contributed by atoms with E-state index in [1.54, 1.807) is 0 Å². The summed E-state index contributed by atoms with van der Waals surface area (Å²) in [6, 6.07) is 0.352. The Balaban J connectivity index is 1.58. The van der Waals surface area contributed by atoms with E-state index in [0.29, 0.717) is 6.04 Å². The molecule has 2 fully saturated rings. The van der Waals surface area contributed by atoms with Gasteiger partial charge in [-0.3, -0.25) is 0 Å². The fourth-order valence-electron chi connectivity index (χ4n) is 2.60. The van der Waals surface area contributed by atoms with E-state index in [-0.39, 0.29) is 0 Å². The van der Waals surface area contributed by atoms with Crippen molar-refractivity contribution in [2.75, 3.05) is 39.4 Å². The summed E-state index contributed by atoms with van der Waals surface area (Å²) in [5.41, 5.74) is 0. The van der Waals surface area contributed by atoms with Gasteiger partial charge in [-0.1, -0.05) is 12.8 Å².